The van der Waals surface area contributed by atoms with Crippen LogP contribution in [0.15, 0.2) is 64.5 Å². The van der Waals surface area contributed by atoms with E-state index in [1.54, 1.807) is 18.2 Å². The average Bonchev–Trinajstić information content (AvgIpc) is 3.05. The predicted octanol–water partition coefficient (Wildman–Crippen LogP) is 4.38. The molecule has 0 unspecified atom stereocenters. The lowest BCUT2D eigenvalue weighted by Gasteiger charge is -2.11. The first-order chi connectivity index (χ1) is 15.5. The van der Waals surface area contributed by atoms with Gasteiger partial charge >= 0.3 is 0 Å². The standard InChI is InChI=1S/C24H29N3O4S/c1-2-17-31-21-13-10-19(11-14-21)12-15-24(28)26-20-7-6-8-22(18-20)32(29,30)27-23-9-4-3-5-16-25-23/h6-8,10-15,18H,2-5,9,16-17H2,1H3,(H,25,27)(H,26,28)/b15-12+. The molecule has 0 fully saturated rings. The molecule has 3 rings (SSSR count). The Bertz CT molecular complexity index is 1080. The Morgan fingerprint density at radius 2 is 1.94 bits per heavy atom. The first-order valence-corrected chi connectivity index (χ1v) is 12.3. The number of nitrogens with one attached hydrogen (secondary N) is 2. The van der Waals surface area contributed by atoms with E-state index in [1.165, 1.54) is 18.2 Å². The number of anilines is 1. The van der Waals surface area contributed by atoms with Crippen LogP contribution in [0.25, 0.3) is 6.08 Å². The van der Waals surface area contributed by atoms with E-state index in [0.29, 0.717) is 31.1 Å². The first kappa shape index (κ1) is 23.5. The molecule has 1 heterocycles. The number of sulfonamides is 1. The van der Waals surface area contributed by atoms with Crippen LogP contribution in [0.1, 0.15) is 44.6 Å². The zero-order valence-corrected chi connectivity index (χ0v) is 19.0. The van der Waals surface area contributed by atoms with Crippen molar-refractivity contribution in [1.82, 2.24) is 4.72 Å². The molecule has 0 saturated heterocycles. The summed E-state index contributed by atoms with van der Waals surface area (Å²) in [6.45, 7) is 3.34. The van der Waals surface area contributed by atoms with E-state index in [1.807, 2.05) is 31.2 Å². The van der Waals surface area contributed by atoms with Crippen LogP contribution in [0.4, 0.5) is 5.69 Å². The van der Waals surface area contributed by atoms with Crippen LogP contribution in [0.5, 0.6) is 5.75 Å². The number of benzene rings is 2. The Kier molecular flexibility index (Phi) is 8.44. The highest BCUT2D eigenvalue weighted by Gasteiger charge is 2.17. The van der Waals surface area contributed by atoms with Gasteiger partial charge in [0.2, 0.25) is 5.91 Å². The van der Waals surface area contributed by atoms with Crippen LogP contribution in [0, 0.1) is 0 Å². The summed E-state index contributed by atoms with van der Waals surface area (Å²) in [4.78, 5) is 16.7. The van der Waals surface area contributed by atoms with Crippen molar-refractivity contribution in [3.8, 4) is 5.75 Å². The fourth-order valence-corrected chi connectivity index (χ4v) is 4.30. The van der Waals surface area contributed by atoms with Crippen molar-refractivity contribution in [2.75, 3.05) is 18.5 Å². The second-order valence-electron chi connectivity index (χ2n) is 7.51. The Morgan fingerprint density at radius 3 is 2.72 bits per heavy atom. The maximum Gasteiger partial charge on any atom is 0.262 e. The zero-order chi connectivity index (χ0) is 22.8. The maximum absolute atomic E-state index is 12.7. The molecule has 2 aromatic rings. The maximum atomic E-state index is 12.7. The molecule has 0 atom stereocenters. The summed E-state index contributed by atoms with van der Waals surface area (Å²) in [5.41, 5.74) is 1.25. The van der Waals surface area contributed by atoms with Gasteiger partial charge in [-0.2, -0.15) is 0 Å². The summed E-state index contributed by atoms with van der Waals surface area (Å²) in [6, 6.07) is 13.6. The molecule has 1 aliphatic heterocycles. The van der Waals surface area contributed by atoms with E-state index in [0.717, 1.165) is 37.0 Å². The third-order valence-electron chi connectivity index (χ3n) is 4.82. The van der Waals surface area contributed by atoms with E-state index in [-0.39, 0.29) is 10.8 Å². The summed E-state index contributed by atoms with van der Waals surface area (Å²) in [6.07, 6.45) is 7.57. The monoisotopic (exact) mass is 455 g/mol. The van der Waals surface area contributed by atoms with E-state index in [9.17, 15) is 13.2 Å². The highest BCUT2D eigenvalue weighted by molar-refractivity contribution is 7.90. The number of nitrogens with zero attached hydrogens (tertiary/aromatic N) is 1. The summed E-state index contributed by atoms with van der Waals surface area (Å²) in [5.74, 6) is 0.924. The molecule has 2 N–H and O–H groups in total. The third kappa shape index (κ3) is 7.23. The molecule has 0 saturated carbocycles. The topological polar surface area (TPSA) is 96.9 Å². The van der Waals surface area contributed by atoms with E-state index in [2.05, 4.69) is 15.0 Å². The van der Waals surface area contributed by atoms with Crippen LogP contribution in [0.3, 0.4) is 0 Å². The highest BCUT2D eigenvalue weighted by Crippen LogP contribution is 2.17. The van der Waals surface area contributed by atoms with Gasteiger partial charge in [-0.05, 0) is 61.2 Å². The average molecular weight is 456 g/mol. The van der Waals surface area contributed by atoms with E-state index >= 15 is 0 Å². The van der Waals surface area contributed by atoms with E-state index < -0.39 is 10.0 Å². The minimum absolute atomic E-state index is 0.0777. The Hall–Kier alpha value is -3.13. The smallest absolute Gasteiger partial charge is 0.262 e. The molecular formula is C24H29N3O4S. The summed E-state index contributed by atoms with van der Waals surface area (Å²) >= 11 is 0. The fraction of sp³-hybridized carbons (Fsp3) is 0.333. The highest BCUT2D eigenvalue weighted by atomic mass is 32.2. The quantitative estimate of drug-likeness (QED) is 0.578. The van der Waals surface area contributed by atoms with Gasteiger partial charge in [0.05, 0.1) is 11.5 Å². The van der Waals surface area contributed by atoms with Crippen LogP contribution >= 0.6 is 0 Å². The second kappa shape index (κ2) is 11.5. The molecule has 0 radical (unpaired) electrons. The molecule has 7 nitrogen and oxygen atoms in total. The molecule has 0 spiro atoms. The van der Waals surface area contributed by atoms with Gasteiger partial charge in [-0.25, -0.2) is 8.42 Å². The van der Waals surface area contributed by atoms with Crippen LogP contribution < -0.4 is 14.8 Å². The molecule has 0 aromatic heterocycles. The van der Waals surface area contributed by atoms with Crippen molar-refractivity contribution in [2.45, 2.75) is 43.9 Å². The molecular weight excluding hydrogens is 426 g/mol. The lowest BCUT2D eigenvalue weighted by Crippen LogP contribution is -2.30. The predicted molar refractivity (Wildman–Crippen MR) is 127 cm³/mol. The minimum Gasteiger partial charge on any atom is -0.494 e. The molecule has 0 aliphatic carbocycles. The molecule has 1 amide bonds. The minimum atomic E-state index is -3.76. The fourth-order valence-electron chi connectivity index (χ4n) is 3.16. The van der Waals surface area contributed by atoms with Gasteiger partial charge in [-0.3, -0.25) is 14.5 Å². The van der Waals surface area contributed by atoms with Crippen molar-refractivity contribution in [3.05, 3.63) is 60.2 Å². The number of carbonyl (C=O) groups is 1. The number of rotatable bonds is 8. The van der Waals surface area contributed by atoms with Crippen LogP contribution in [-0.2, 0) is 14.8 Å². The Balaban J connectivity index is 1.61. The molecule has 170 valence electrons. The first-order valence-electron chi connectivity index (χ1n) is 10.8. The van der Waals surface area contributed by atoms with Crippen LogP contribution in [0.2, 0.25) is 0 Å². The number of ether oxygens (including phenoxy) is 1. The normalized spacial score (nSPS) is 14.5. The molecule has 32 heavy (non-hydrogen) atoms. The largest absolute Gasteiger partial charge is 0.494 e. The SMILES string of the molecule is CCCOc1ccc(/C=C/C(=O)Nc2cccc(S(=O)(=O)NC3=NCCCCC3)c2)cc1. The lowest BCUT2D eigenvalue weighted by atomic mass is 10.2. The zero-order valence-electron chi connectivity index (χ0n) is 18.2. The van der Waals surface area contributed by atoms with Crippen molar-refractivity contribution in [2.24, 2.45) is 4.99 Å². The van der Waals surface area contributed by atoms with Gasteiger partial charge < -0.3 is 10.1 Å². The number of carbonyl (C=O) groups excluding carboxylic acids is 1. The number of hydrogen-bond acceptors (Lipinski definition) is 5. The Morgan fingerprint density at radius 1 is 1.12 bits per heavy atom. The van der Waals surface area contributed by atoms with Gasteiger partial charge in [0, 0.05) is 24.7 Å². The van der Waals surface area contributed by atoms with Crippen LogP contribution in [-0.4, -0.2) is 33.3 Å². The molecule has 0 bridgehead atoms. The summed E-state index contributed by atoms with van der Waals surface area (Å²) < 4.78 is 33.6. The Labute approximate surface area is 189 Å². The molecule has 2 aromatic carbocycles. The molecule has 8 heteroatoms. The van der Waals surface area contributed by atoms with Crippen molar-refractivity contribution >= 4 is 33.5 Å². The van der Waals surface area contributed by atoms with Gasteiger partial charge in [-0.15, -0.1) is 0 Å². The number of amidine groups is 1. The number of hydrogen-bond donors (Lipinski definition) is 2. The summed E-state index contributed by atoms with van der Waals surface area (Å²) in [5, 5.41) is 2.70. The van der Waals surface area contributed by atoms with Gasteiger partial charge in [0.25, 0.3) is 10.0 Å². The number of aliphatic imine (C=N–C) groups is 1. The van der Waals surface area contributed by atoms with E-state index in [4.69, 9.17) is 4.74 Å². The summed E-state index contributed by atoms with van der Waals surface area (Å²) in [7, 11) is -3.76. The van der Waals surface area contributed by atoms with Gasteiger partial charge in [-0.1, -0.05) is 31.5 Å². The van der Waals surface area contributed by atoms with Crippen molar-refractivity contribution in [3.63, 3.8) is 0 Å². The molecule has 1 aliphatic rings. The van der Waals surface area contributed by atoms with Crippen molar-refractivity contribution in [1.29, 1.82) is 0 Å². The third-order valence-corrected chi connectivity index (χ3v) is 6.20. The van der Waals surface area contributed by atoms with Gasteiger partial charge in [0.15, 0.2) is 0 Å². The second-order valence-corrected chi connectivity index (χ2v) is 9.19. The lowest BCUT2D eigenvalue weighted by molar-refractivity contribution is -0.111. The van der Waals surface area contributed by atoms with Crippen molar-refractivity contribution < 1.29 is 17.9 Å². The van der Waals surface area contributed by atoms with Gasteiger partial charge in [0.1, 0.15) is 11.6 Å². The number of amides is 1.